The van der Waals surface area contributed by atoms with Crippen molar-refractivity contribution in [2.75, 3.05) is 19.8 Å². The van der Waals surface area contributed by atoms with E-state index in [9.17, 15) is 18.0 Å². The van der Waals surface area contributed by atoms with Crippen molar-refractivity contribution in [3.8, 4) is 5.75 Å². The van der Waals surface area contributed by atoms with Gasteiger partial charge in [-0.3, -0.25) is 10.2 Å². The smallest absolute Gasteiger partial charge is 0.416 e. The highest BCUT2D eigenvalue weighted by Gasteiger charge is 2.45. The maximum atomic E-state index is 13.5. The summed E-state index contributed by atoms with van der Waals surface area (Å²) in [6, 6.07) is 19.4. The molecule has 11 heteroatoms. The Kier molecular flexibility index (Phi) is 9.26. The van der Waals surface area contributed by atoms with Gasteiger partial charge in [0.2, 0.25) is 5.90 Å². The Bertz CT molecular complexity index is 1320. The van der Waals surface area contributed by atoms with Crippen molar-refractivity contribution in [3.05, 3.63) is 99.5 Å². The summed E-state index contributed by atoms with van der Waals surface area (Å²) in [6.45, 7) is 0.376. The number of hydrogen-bond acceptors (Lipinski definition) is 6. The first-order chi connectivity index (χ1) is 18.7. The van der Waals surface area contributed by atoms with Crippen molar-refractivity contribution >= 4 is 27.7 Å². The molecule has 0 radical (unpaired) electrons. The maximum absolute atomic E-state index is 13.5. The second-order valence-electron chi connectivity index (χ2n) is 8.96. The van der Waals surface area contributed by atoms with Crippen molar-refractivity contribution in [2.24, 2.45) is 4.99 Å². The van der Waals surface area contributed by atoms with Crippen LogP contribution in [0.2, 0.25) is 0 Å². The molecule has 39 heavy (non-hydrogen) atoms. The summed E-state index contributed by atoms with van der Waals surface area (Å²) in [4.78, 5) is 18.2. The molecule has 3 N–H and O–H groups in total. The average Bonchev–Trinajstić information content (AvgIpc) is 3.35. The van der Waals surface area contributed by atoms with E-state index in [1.807, 2.05) is 24.3 Å². The van der Waals surface area contributed by atoms with Gasteiger partial charge >= 0.3 is 6.18 Å². The second-order valence-corrected chi connectivity index (χ2v) is 9.82. The van der Waals surface area contributed by atoms with E-state index in [-0.39, 0.29) is 32.1 Å². The lowest BCUT2D eigenvalue weighted by molar-refractivity contribution is -0.137. The number of aliphatic imine (C=N–C) groups is 1. The number of carbonyl (C=O) groups excluding carboxylic acids is 1. The predicted molar refractivity (Wildman–Crippen MR) is 143 cm³/mol. The quantitative estimate of drug-likeness (QED) is 0.215. The molecule has 206 valence electrons. The van der Waals surface area contributed by atoms with Gasteiger partial charge in [0.15, 0.2) is 5.54 Å². The van der Waals surface area contributed by atoms with E-state index < -0.39 is 23.2 Å². The number of nitrogens with zero attached hydrogens (tertiary/aromatic N) is 1. The zero-order chi connectivity index (χ0) is 27.9. The molecule has 1 heterocycles. The van der Waals surface area contributed by atoms with Crippen LogP contribution >= 0.6 is 15.9 Å². The zero-order valence-corrected chi connectivity index (χ0v) is 22.4. The van der Waals surface area contributed by atoms with E-state index in [1.54, 1.807) is 24.3 Å². The van der Waals surface area contributed by atoms with Gasteiger partial charge in [0, 0.05) is 36.0 Å². The number of benzene rings is 3. The van der Waals surface area contributed by atoms with Crippen molar-refractivity contribution in [3.63, 3.8) is 0 Å². The molecule has 3 aromatic rings. The van der Waals surface area contributed by atoms with E-state index in [0.29, 0.717) is 29.9 Å². The second kappa shape index (κ2) is 12.6. The van der Waals surface area contributed by atoms with E-state index in [4.69, 9.17) is 19.6 Å². The molecule has 0 unspecified atom stereocenters. The number of aliphatic hydroxyl groups excluding tert-OH is 1. The normalized spacial score (nSPS) is 16.9. The van der Waals surface area contributed by atoms with Crippen LogP contribution in [0.25, 0.3) is 0 Å². The van der Waals surface area contributed by atoms with Gasteiger partial charge in [-0.15, -0.1) is 0 Å². The van der Waals surface area contributed by atoms with E-state index in [2.05, 4.69) is 26.8 Å². The fourth-order valence-corrected chi connectivity index (χ4v) is 4.41. The van der Waals surface area contributed by atoms with Gasteiger partial charge in [0.05, 0.1) is 12.2 Å². The summed E-state index contributed by atoms with van der Waals surface area (Å²) in [5.74, 6) is 0.433. The number of alkyl halides is 3. The number of amides is 1. The Morgan fingerprint density at radius 3 is 2.59 bits per heavy atom. The van der Waals surface area contributed by atoms with Crippen molar-refractivity contribution in [2.45, 2.75) is 31.1 Å². The Morgan fingerprint density at radius 2 is 1.87 bits per heavy atom. The highest BCUT2D eigenvalue weighted by Crippen LogP contribution is 2.31. The minimum Gasteiger partial charge on any atom is -0.494 e. The molecular weight excluding hydrogens is 579 g/mol. The summed E-state index contributed by atoms with van der Waals surface area (Å²) >= 11 is 3.52. The number of hydrazine groups is 1. The molecule has 0 fully saturated rings. The highest BCUT2D eigenvalue weighted by molar-refractivity contribution is 9.10. The van der Waals surface area contributed by atoms with Crippen LogP contribution in [0.1, 0.15) is 28.7 Å². The summed E-state index contributed by atoms with van der Waals surface area (Å²) in [6.07, 6.45) is -3.72. The van der Waals surface area contributed by atoms with Crippen LogP contribution in [0.3, 0.4) is 0 Å². The molecule has 1 amide bonds. The average molecular weight is 606 g/mol. The lowest BCUT2D eigenvalue weighted by Crippen LogP contribution is -2.52. The van der Waals surface area contributed by atoms with Crippen LogP contribution in [0.4, 0.5) is 13.2 Å². The molecule has 3 aromatic carbocycles. The van der Waals surface area contributed by atoms with Crippen molar-refractivity contribution in [1.82, 2.24) is 10.9 Å². The SMILES string of the molecule is O=C(NNCc1cccc(C(F)(F)F)c1)[C@]1(Cc2ccccc2Br)COC(c2ccc(OCCCO)cc2)=N1. The van der Waals surface area contributed by atoms with Gasteiger partial charge in [0.25, 0.3) is 5.91 Å². The minimum absolute atomic E-state index is 0.0179. The monoisotopic (exact) mass is 605 g/mol. The van der Waals surface area contributed by atoms with Crippen molar-refractivity contribution in [1.29, 1.82) is 0 Å². The summed E-state index contributed by atoms with van der Waals surface area (Å²) in [7, 11) is 0. The van der Waals surface area contributed by atoms with Crippen LogP contribution in [0, 0.1) is 0 Å². The molecule has 0 spiro atoms. The number of carbonyl (C=O) groups is 1. The molecular formula is C28H27BrF3N3O4. The third kappa shape index (κ3) is 7.37. The number of nitrogens with one attached hydrogen (secondary N) is 2. The summed E-state index contributed by atoms with van der Waals surface area (Å²) in [5, 5.41) is 8.91. The largest absolute Gasteiger partial charge is 0.494 e. The van der Waals surface area contributed by atoms with Gasteiger partial charge in [-0.1, -0.05) is 52.3 Å². The zero-order valence-electron chi connectivity index (χ0n) is 20.8. The Morgan fingerprint density at radius 1 is 1.10 bits per heavy atom. The summed E-state index contributed by atoms with van der Waals surface area (Å²) in [5.41, 5.74) is 5.11. The molecule has 4 rings (SSSR count). The van der Waals surface area contributed by atoms with Gasteiger partial charge in [-0.05, 0) is 47.5 Å². The van der Waals surface area contributed by atoms with Crippen LogP contribution in [0.15, 0.2) is 82.3 Å². The van der Waals surface area contributed by atoms with Crippen LogP contribution < -0.4 is 15.6 Å². The van der Waals surface area contributed by atoms with Crippen molar-refractivity contribution < 1.29 is 32.5 Å². The number of hydrogen-bond donors (Lipinski definition) is 3. The molecule has 0 aliphatic carbocycles. The van der Waals surface area contributed by atoms with E-state index >= 15 is 0 Å². The van der Waals surface area contributed by atoms with E-state index in [1.165, 1.54) is 12.1 Å². The number of ether oxygens (including phenoxy) is 2. The van der Waals surface area contributed by atoms with Gasteiger partial charge < -0.3 is 14.6 Å². The fourth-order valence-electron chi connectivity index (χ4n) is 3.99. The fraction of sp³-hybridized carbons (Fsp3) is 0.286. The van der Waals surface area contributed by atoms with Gasteiger partial charge in [-0.25, -0.2) is 10.4 Å². The third-order valence-electron chi connectivity index (χ3n) is 6.05. The molecule has 0 saturated carbocycles. The van der Waals surface area contributed by atoms with Crippen LogP contribution in [0.5, 0.6) is 5.75 Å². The first kappa shape index (κ1) is 28.6. The first-order valence-corrected chi connectivity index (χ1v) is 13.0. The third-order valence-corrected chi connectivity index (χ3v) is 6.82. The lowest BCUT2D eigenvalue weighted by Gasteiger charge is -2.24. The number of halogens is 4. The van der Waals surface area contributed by atoms with Crippen LogP contribution in [-0.4, -0.2) is 42.3 Å². The summed E-state index contributed by atoms with van der Waals surface area (Å²) < 4.78 is 51.4. The first-order valence-electron chi connectivity index (χ1n) is 12.2. The molecule has 0 bridgehead atoms. The number of aliphatic hydroxyl groups is 1. The molecule has 1 aliphatic rings. The minimum atomic E-state index is -4.46. The predicted octanol–water partition coefficient (Wildman–Crippen LogP) is 4.81. The number of rotatable bonds is 11. The van der Waals surface area contributed by atoms with Gasteiger partial charge in [0.1, 0.15) is 12.4 Å². The Hall–Kier alpha value is -3.41. The van der Waals surface area contributed by atoms with Crippen LogP contribution in [-0.2, 0) is 28.7 Å². The topological polar surface area (TPSA) is 92.2 Å². The molecule has 1 atom stereocenters. The Balaban J connectivity index is 1.51. The molecule has 1 aliphatic heterocycles. The molecule has 0 aromatic heterocycles. The van der Waals surface area contributed by atoms with E-state index in [0.717, 1.165) is 22.2 Å². The maximum Gasteiger partial charge on any atom is 0.416 e. The highest BCUT2D eigenvalue weighted by atomic mass is 79.9. The standard InChI is InChI=1S/C28H27BrF3N3O4/c29-24-8-2-1-6-21(24)16-27(26(37)35-33-17-19-5-3-7-22(15-19)28(30,31)32)18-39-25(34-27)20-9-11-23(12-10-20)38-14-4-13-36/h1-3,5-12,15,33,36H,4,13-14,16-18H2,(H,35,37)/t27-/m0/s1. The van der Waals surface area contributed by atoms with Gasteiger partial charge in [-0.2, -0.15) is 13.2 Å². The Labute approximate surface area is 232 Å². The lowest BCUT2D eigenvalue weighted by atomic mass is 9.91. The molecule has 7 nitrogen and oxygen atoms in total. The molecule has 0 saturated heterocycles.